The summed E-state index contributed by atoms with van der Waals surface area (Å²) in [5.74, 6) is 3.85. The van der Waals surface area contributed by atoms with Gasteiger partial charge in [0.25, 0.3) is 0 Å². The molecule has 0 unspecified atom stereocenters. The van der Waals surface area contributed by atoms with Gasteiger partial charge in [0.2, 0.25) is 0 Å². The lowest BCUT2D eigenvalue weighted by atomic mass is 10.1. The first-order valence-corrected chi connectivity index (χ1v) is 60.1. The Labute approximate surface area is 786 Å². The van der Waals surface area contributed by atoms with Crippen molar-refractivity contribution in [1.82, 2.24) is 97.6 Å². The normalized spacial score (nSPS) is 26.3. The number of nitrogens with two attached hydrogens (primary N) is 3. The van der Waals surface area contributed by atoms with Gasteiger partial charge in [0.05, 0.1) is 63.5 Å². The van der Waals surface area contributed by atoms with E-state index < -0.39 is 157 Å². The number of methoxy groups -OCH3 is 1. The van der Waals surface area contributed by atoms with Crippen LogP contribution in [0.5, 0.6) is 6.01 Å². The highest BCUT2D eigenvalue weighted by Crippen LogP contribution is 2.47. The first-order valence-electron chi connectivity index (χ1n) is 44.8. The van der Waals surface area contributed by atoms with Gasteiger partial charge >= 0.3 is 6.01 Å². The Morgan fingerprint density at radius 3 is 1.09 bits per heavy atom. The summed E-state index contributed by atoms with van der Waals surface area (Å²) >= 11 is 0. The van der Waals surface area contributed by atoms with Crippen molar-refractivity contribution in [3.8, 4) is 6.01 Å². The molecular formula is C87H140N25O18P5. The summed E-state index contributed by atoms with van der Waals surface area (Å²) in [5, 5.41) is 130. The SMILES string of the molecule is C=P(C)(C)CC[C@H]1O[C@@H](n2c(C)nc3c(N)ncnc32)[C@H](O)[C@@H]1O.C=P(C)(C)CC[C@H]1O[C@@H](n2c(CC)nc3c(N)ncnc32)[C@H](O)[C@@H]1O.C=P(C)(C)CC[C@H]1O[C@@H](n2c(CCC)nc3c(N)ncnc32)[C@H](O)[C@@H]1O.C=P(C)(C)CC[C@H]1O[C@@H](n2cnc3c(NC/C=C(/C)CO)nc(OC)nc32)[C@H](O)[C@@H]1O.C=P(C)(C)CC[C@H]1O[C@@H](n2cnc3c(NC/C=C(/C)CO)ncnc32)[C@H](O)[C@@H]1O. The molecule has 20 N–H and O–H groups in total. The second-order valence-electron chi connectivity index (χ2n) is 38.3. The quantitative estimate of drug-likeness (QED) is 0.0209. The first-order chi connectivity index (χ1) is 63.5. The van der Waals surface area contributed by atoms with E-state index in [1.807, 2.05) is 39.8 Å². The molecule has 0 spiro atoms. The zero-order valence-electron chi connectivity index (χ0n) is 80.0. The van der Waals surface area contributed by atoms with Crippen molar-refractivity contribution in [3.63, 3.8) is 0 Å². The van der Waals surface area contributed by atoms with Crippen molar-refractivity contribution in [2.45, 2.75) is 209 Å². The van der Waals surface area contributed by atoms with Crippen LogP contribution in [0.15, 0.2) is 61.3 Å². The molecule has 10 aromatic rings. The molecule has 15 heterocycles. The fourth-order valence-corrected chi connectivity index (χ4v) is 20.8. The Bertz CT molecular complexity index is 6030. The van der Waals surface area contributed by atoms with Gasteiger partial charge in [-0.2, -0.15) is 9.97 Å². The van der Waals surface area contributed by atoms with Crippen LogP contribution in [0.4, 0.5) is 29.1 Å². The van der Waals surface area contributed by atoms with Gasteiger partial charge in [0.1, 0.15) is 104 Å². The molecular weight excluding hydrogens is 1840 g/mol. The molecule has 20 atom stereocenters. The first kappa shape index (κ1) is 107. The van der Waals surface area contributed by atoms with Gasteiger partial charge < -0.3 is 118 Å². The number of aryl methyl sites for hydroxylation is 3. The maximum absolute atomic E-state index is 10.7. The van der Waals surface area contributed by atoms with E-state index >= 15 is 0 Å². The molecule has 5 fully saturated rings. The van der Waals surface area contributed by atoms with Crippen LogP contribution >= 0.6 is 34.4 Å². The molecule has 135 heavy (non-hydrogen) atoms. The summed E-state index contributed by atoms with van der Waals surface area (Å²) in [5.41, 5.74) is 24.2. The van der Waals surface area contributed by atoms with Gasteiger partial charge in [-0.25, -0.2) is 64.8 Å². The number of fused-ring (bicyclic) bond motifs is 5. The number of hydrogen-bond acceptors (Lipinski definition) is 38. The largest absolute Gasteiger partial charge is 0.467 e. The van der Waals surface area contributed by atoms with E-state index in [1.165, 1.54) is 38.7 Å². The van der Waals surface area contributed by atoms with Crippen LogP contribution in [0.3, 0.4) is 0 Å². The predicted molar refractivity (Wildman–Crippen MR) is 540 cm³/mol. The van der Waals surface area contributed by atoms with Gasteiger partial charge in [-0.3, -0.25) is 22.8 Å². The number of aromatic nitrogens is 20. The minimum atomic E-state index is -1.28. The lowest BCUT2D eigenvalue weighted by Gasteiger charge is -2.20. The molecule has 15 rings (SSSR count). The van der Waals surface area contributed by atoms with Gasteiger partial charge in [0, 0.05) is 25.9 Å². The summed E-state index contributed by atoms with van der Waals surface area (Å²) in [6, 6.07) is 0.132. The van der Waals surface area contributed by atoms with Crippen LogP contribution < -0.4 is 32.6 Å². The van der Waals surface area contributed by atoms with Crippen molar-refractivity contribution in [1.29, 1.82) is 0 Å². The Hall–Kier alpha value is -8.15. The second kappa shape index (κ2) is 45.4. The number of nitrogen functional groups attached to an aromatic ring is 3. The Morgan fingerprint density at radius 2 is 0.719 bits per heavy atom. The minimum absolute atomic E-state index is 0.00313. The third-order valence-electron chi connectivity index (χ3n) is 23.6. The molecule has 0 radical (unpaired) electrons. The molecule has 5 saturated heterocycles. The molecule has 0 aliphatic carbocycles. The van der Waals surface area contributed by atoms with Crippen molar-refractivity contribution in [2.24, 2.45) is 0 Å². The van der Waals surface area contributed by atoms with Crippen LogP contribution in [0.25, 0.3) is 55.8 Å². The molecule has 746 valence electrons. The third-order valence-corrected chi connectivity index (χ3v) is 30.9. The van der Waals surface area contributed by atoms with Crippen molar-refractivity contribution >= 4 is 151 Å². The molecule has 0 bridgehead atoms. The number of imidazole rings is 5. The van der Waals surface area contributed by atoms with Crippen LogP contribution in [0.1, 0.15) is 115 Å². The maximum Gasteiger partial charge on any atom is 0.320 e. The zero-order valence-corrected chi connectivity index (χ0v) is 84.4. The Kier molecular flexibility index (Phi) is 36.1. The number of nitrogens with one attached hydrogen (secondary N) is 2. The van der Waals surface area contributed by atoms with Crippen molar-refractivity contribution in [2.75, 3.05) is 159 Å². The van der Waals surface area contributed by atoms with Gasteiger partial charge in [0.15, 0.2) is 116 Å². The number of hydrogen-bond donors (Lipinski definition) is 17. The molecule has 0 amide bonds. The standard InChI is InChI=1S/C20H32N5O5P.C19H30N5O4P.C17H28N5O3P.C16H26N5O3P.C15H24N5O3P/c1-12(10-26)6-8-21-17-14-18(24-20(23-17)29-2)25(11-22-14)19-16(28)15(27)13(30-19)7-9-31(3,4)5;1-12(9-25)5-7-20-17-14-18(22-10-21-17)24(11-23-14)19-16(27)15(26)13(28-19)6-8-29(2,3)4;1-5-6-11-21-12-15(18)19-9-20-16(12)22(11)17-14(24)13(23)10(25-17)7-8-26(2,3)4;1-5-10-20-11-14(17)18-8-19-15(11)21(10)16-13(23)12(22)9(24-16)6-7-25(2,3)4;1-8-19-10-13(16)17-7-18-14(10)20(8)15-12(22)11(21)9(23-15)5-6-24(2,3)4/h6,11,13,15-16,19,26-28H,3,7-10H2,1-2,4-5H3,(H,21,23,24);5,10-11,13,15-16,19,25-27H,2,6-9H2,1,3-4H3,(H,20,21,22);9-10,13-14,17,23-24H,2,5-8H2,1,3-4H3,(H2,18,19,20);8-9,12-13,16,22-23H,2,5-7H2,1,3-4H3,(H2,17,18,19);7,9,11-12,15,21-22H,2,5-6H2,1,3-4H3,(H2,16,17,18)/b12-6-;12-5-;;;/t2*13-,15-,16-,19-;10-,13-,14-,17-;9-,12-,13-,16-;9-,11-,12-,15-/m11111/s1. The fourth-order valence-electron chi connectivity index (χ4n) is 16.0. The second-order valence-corrected chi connectivity index (χ2v) is 59.9. The van der Waals surface area contributed by atoms with E-state index in [4.69, 9.17) is 55.8 Å². The molecule has 10 aromatic heterocycles. The number of rotatable bonds is 32. The van der Waals surface area contributed by atoms with Crippen LogP contribution in [-0.4, -0.2) is 413 Å². The number of nitrogens with zero attached hydrogens (tertiary/aromatic N) is 20. The average molecular weight is 1980 g/mol. The zero-order chi connectivity index (χ0) is 99.0. The van der Waals surface area contributed by atoms with E-state index in [-0.39, 0.29) is 30.9 Å². The maximum atomic E-state index is 10.7. The van der Waals surface area contributed by atoms with Crippen molar-refractivity contribution in [3.05, 3.63) is 78.7 Å². The average Bonchev–Trinajstić information content (AvgIpc) is 1.61. The topological polar surface area (TPSA) is 618 Å². The number of aliphatic hydroxyl groups excluding tert-OH is 12. The fraction of sp³-hybridized carbons (Fsp3) is 0.609. The monoisotopic (exact) mass is 1980 g/mol. The number of aliphatic hydroxyl groups is 12. The number of anilines is 5. The molecule has 48 heteroatoms. The van der Waals surface area contributed by atoms with Crippen LogP contribution in [0, 0.1) is 6.92 Å². The smallest absolute Gasteiger partial charge is 0.320 e. The highest BCUT2D eigenvalue weighted by atomic mass is 31.2. The van der Waals surface area contributed by atoms with E-state index in [1.54, 1.807) is 36.1 Å². The summed E-state index contributed by atoms with van der Waals surface area (Å²) in [6.07, 6.45) is 26.6. The van der Waals surface area contributed by atoms with E-state index in [0.29, 0.717) is 143 Å². The highest BCUT2D eigenvalue weighted by Gasteiger charge is 2.50. The minimum Gasteiger partial charge on any atom is -0.467 e. The molecule has 43 nitrogen and oxygen atoms in total. The summed E-state index contributed by atoms with van der Waals surface area (Å²) in [7, 11) is 1.46. The van der Waals surface area contributed by atoms with E-state index in [2.05, 4.69) is 184 Å². The van der Waals surface area contributed by atoms with Gasteiger partial charge in [-0.15, -0.1) is 65.9 Å². The Balaban J connectivity index is 0.000000163. The molecule has 5 aliphatic rings. The summed E-state index contributed by atoms with van der Waals surface area (Å²) in [6.45, 7) is 25.5. The van der Waals surface area contributed by atoms with Gasteiger partial charge in [-0.05, 0) is 157 Å². The van der Waals surface area contributed by atoms with Crippen LogP contribution in [0.2, 0.25) is 0 Å². The van der Waals surface area contributed by atoms with E-state index in [9.17, 15) is 51.1 Å². The van der Waals surface area contributed by atoms with Gasteiger partial charge in [-0.1, -0.05) is 37.1 Å². The van der Waals surface area contributed by atoms with E-state index in [0.717, 1.165) is 54.2 Å². The Morgan fingerprint density at radius 1 is 0.400 bits per heavy atom. The molecule has 0 saturated carbocycles. The number of ether oxygens (including phenoxy) is 6. The van der Waals surface area contributed by atoms with Crippen molar-refractivity contribution < 1.29 is 89.7 Å². The lowest BCUT2D eigenvalue weighted by molar-refractivity contribution is -0.0368. The third kappa shape index (κ3) is 26.3. The lowest BCUT2D eigenvalue weighted by Crippen LogP contribution is -2.32. The molecule has 0 aromatic carbocycles. The molecule has 5 aliphatic heterocycles. The highest BCUT2D eigenvalue weighted by molar-refractivity contribution is 7.73. The summed E-state index contributed by atoms with van der Waals surface area (Å²) < 4.78 is 43.7. The summed E-state index contributed by atoms with van der Waals surface area (Å²) in [4.78, 5) is 64.0. The predicted octanol–water partition coefficient (Wildman–Crippen LogP) is 4.00. The van der Waals surface area contributed by atoms with Crippen LogP contribution in [-0.2, 0) is 36.5 Å².